The summed E-state index contributed by atoms with van der Waals surface area (Å²) in [5.74, 6) is -0.695. The number of hydrogen-bond donors (Lipinski definition) is 1. The molecular formula is C20H25NO2S. The van der Waals surface area contributed by atoms with Gasteiger partial charge >= 0.3 is 5.97 Å². The van der Waals surface area contributed by atoms with Gasteiger partial charge in [-0.2, -0.15) is 0 Å². The van der Waals surface area contributed by atoms with E-state index >= 15 is 0 Å². The average Bonchev–Trinajstić information content (AvgIpc) is 3.06. The van der Waals surface area contributed by atoms with E-state index in [1.165, 1.54) is 20.9 Å². The molecule has 0 radical (unpaired) electrons. The number of piperidine rings is 1. The quantitative estimate of drug-likeness (QED) is 0.859. The first-order chi connectivity index (χ1) is 11.6. The summed E-state index contributed by atoms with van der Waals surface area (Å²) in [7, 11) is 0. The molecule has 1 aliphatic rings. The van der Waals surface area contributed by atoms with Crippen molar-refractivity contribution in [1.82, 2.24) is 4.90 Å². The number of carboxylic acids is 1. The van der Waals surface area contributed by atoms with Crippen LogP contribution in [-0.2, 0) is 11.2 Å². The van der Waals surface area contributed by atoms with Crippen molar-refractivity contribution in [3.63, 3.8) is 0 Å². The highest BCUT2D eigenvalue weighted by Gasteiger charge is 2.35. The Labute approximate surface area is 147 Å². The van der Waals surface area contributed by atoms with Gasteiger partial charge < -0.3 is 5.11 Å². The first-order valence-electron chi connectivity index (χ1n) is 8.74. The summed E-state index contributed by atoms with van der Waals surface area (Å²) in [4.78, 5) is 16.6. The number of benzene rings is 1. The summed E-state index contributed by atoms with van der Waals surface area (Å²) in [6, 6.07) is 12.6. The number of thiophene rings is 1. The summed E-state index contributed by atoms with van der Waals surface area (Å²) in [5.41, 5.74) is 2.42. The fraction of sp³-hybridized carbons (Fsp3) is 0.450. The largest absolute Gasteiger partial charge is 0.480 e. The van der Waals surface area contributed by atoms with E-state index in [0.717, 1.165) is 32.2 Å². The molecule has 2 heterocycles. The minimum Gasteiger partial charge on any atom is -0.480 e. The Balaban J connectivity index is 2.03. The molecular weight excluding hydrogens is 318 g/mol. The molecule has 4 heteroatoms. The lowest BCUT2D eigenvalue weighted by Crippen LogP contribution is -2.46. The van der Waals surface area contributed by atoms with Crippen LogP contribution in [0.3, 0.4) is 0 Å². The number of carboxylic acid groups (broad SMARTS) is 1. The molecule has 1 fully saturated rings. The van der Waals surface area contributed by atoms with Crippen LogP contribution in [0.4, 0.5) is 0 Å². The van der Waals surface area contributed by atoms with Crippen molar-refractivity contribution in [1.29, 1.82) is 0 Å². The molecule has 2 atom stereocenters. The van der Waals surface area contributed by atoms with Gasteiger partial charge in [0, 0.05) is 9.75 Å². The number of aryl methyl sites for hydroxylation is 2. The van der Waals surface area contributed by atoms with Gasteiger partial charge in [0.15, 0.2) is 0 Å². The van der Waals surface area contributed by atoms with Crippen molar-refractivity contribution in [3.8, 4) is 0 Å². The second kappa shape index (κ2) is 7.49. The normalized spacial score (nSPS) is 20.0. The molecule has 0 bridgehead atoms. The Morgan fingerprint density at radius 2 is 2.00 bits per heavy atom. The van der Waals surface area contributed by atoms with Crippen LogP contribution in [0.15, 0.2) is 36.4 Å². The molecule has 128 valence electrons. The molecule has 3 rings (SSSR count). The highest BCUT2D eigenvalue weighted by molar-refractivity contribution is 7.12. The third-order valence-corrected chi connectivity index (χ3v) is 6.14. The Kier molecular flexibility index (Phi) is 5.36. The fourth-order valence-corrected chi connectivity index (χ4v) is 4.63. The van der Waals surface area contributed by atoms with Crippen LogP contribution in [0.2, 0.25) is 0 Å². The van der Waals surface area contributed by atoms with Crippen molar-refractivity contribution in [2.24, 2.45) is 0 Å². The van der Waals surface area contributed by atoms with Gasteiger partial charge in [-0.25, -0.2) is 0 Å². The van der Waals surface area contributed by atoms with Crippen LogP contribution in [-0.4, -0.2) is 28.6 Å². The van der Waals surface area contributed by atoms with Gasteiger partial charge in [0.2, 0.25) is 0 Å². The van der Waals surface area contributed by atoms with E-state index in [4.69, 9.17) is 0 Å². The summed E-state index contributed by atoms with van der Waals surface area (Å²) in [6.07, 6.45) is 3.83. The van der Waals surface area contributed by atoms with Crippen molar-refractivity contribution in [2.45, 2.75) is 51.6 Å². The predicted octanol–water partition coefficient (Wildman–Crippen LogP) is 4.65. The van der Waals surface area contributed by atoms with Crippen LogP contribution in [0.5, 0.6) is 0 Å². The fourth-order valence-electron chi connectivity index (χ4n) is 3.53. The molecule has 0 spiro atoms. The second-order valence-corrected chi connectivity index (χ2v) is 7.76. The Hall–Kier alpha value is -1.65. The maximum absolute atomic E-state index is 11.8. The minimum absolute atomic E-state index is 0.0392. The predicted molar refractivity (Wildman–Crippen MR) is 98.7 cm³/mol. The number of likely N-dealkylation sites (tertiary alicyclic amines) is 1. The maximum atomic E-state index is 11.8. The van der Waals surface area contributed by atoms with E-state index < -0.39 is 12.0 Å². The number of aliphatic carboxylic acids is 1. The molecule has 3 nitrogen and oxygen atoms in total. The van der Waals surface area contributed by atoms with Gasteiger partial charge in [0.1, 0.15) is 6.04 Å². The maximum Gasteiger partial charge on any atom is 0.320 e. The molecule has 1 N–H and O–H groups in total. The smallest absolute Gasteiger partial charge is 0.320 e. The summed E-state index contributed by atoms with van der Waals surface area (Å²) >= 11 is 1.81. The molecule has 24 heavy (non-hydrogen) atoms. The van der Waals surface area contributed by atoms with Crippen LogP contribution in [0, 0.1) is 6.92 Å². The zero-order chi connectivity index (χ0) is 17.1. The summed E-state index contributed by atoms with van der Waals surface area (Å²) < 4.78 is 0. The van der Waals surface area contributed by atoms with Crippen LogP contribution in [0.1, 0.15) is 53.1 Å². The lowest BCUT2D eigenvalue weighted by Gasteiger charge is -2.39. The molecule has 1 saturated heterocycles. The zero-order valence-electron chi connectivity index (χ0n) is 14.4. The van der Waals surface area contributed by atoms with Gasteiger partial charge in [-0.05, 0) is 50.4 Å². The van der Waals surface area contributed by atoms with Gasteiger partial charge in [0.05, 0.1) is 6.04 Å². The van der Waals surface area contributed by atoms with Crippen molar-refractivity contribution >= 4 is 17.3 Å². The second-order valence-electron chi connectivity index (χ2n) is 6.56. The number of rotatable bonds is 5. The van der Waals surface area contributed by atoms with Crippen molar-refractivity contribution < 1.29 is 9.90 Å². The lowest BCUT2D eigenvalue weighted by molar-refractivity contribution is -0.145. The van der Waals surface area contributed by atoms with Gasteiger partial charge in [-0.15, -0.1) is 11.3 Å². The SMILES string of the molecule is CCc1ccc(C(c2ccc(C)cc2)N2CCCCC2C(=O)O)s1. The minimum atomic E-state index is -0.695. The van der Waals surface area contributed by atoms with Crippen LogP contribution < -0.4 is 0 Å². The van der Waals surface area contributed by atoms with Gasteiger partial charge in [0.25, 0.3) is 0 Å². The third kappa shape index (κ3) is 3.55. The van der Waals surface area contributed by atoms with Crippen molar-refractivity contribution in [2.75, 3.05) is 6.54 Å². The van der Waals surface area contributed by atoms with Crippen LogP contribution >= 0.6 is 11.3 Å². The first-order valence-corrected chi connectivity index (χ1v) is 9.55. The molecule has 2 unspecified atom stereocenters. The molecule has 0 aliphatic carbocycles. The van der Waals surface area contributed by atoms with E-state index in [-0.39, 0.29) is 6.04 Å². The number of carbonyl (C=O) groups is 1. The topological polar surface area (TPSA) is 40.5 Å². The molecule has 1 aromatic heterocycles. The van der Waals surface area contributed by atoms with Gasteiger partial charge in [-0.1, -0.05) is 43.2 Å². The number of nitrogens with zero attached hydrogens (tertiary/aromatic N) is 1. The van der Waals surface area contributed by atoms with Gasteiger partial charge in [-0.3, -0.25) is 9.69 Å². The molecule has 0 saturated carbocycles. The highest BCUT2D eigenvalue weighted by atomic mass is 32.1. The van der Waals surface area contributed by atoms with Crippen LogP contribution in [0.25, 0.3) is 0 Å². The molecule has 0 amide bonds. The average molecular weight is 343 g/mol. The van der Waals surface area contributed by atoms with E-state index in [1.54, 1.807) is 0 Å². The zero-order valence-corrected chi connectivity index (χ0v) is 15.2. The third-order valence-electron chi connectivity index (χ3n) is 4.85. The standard InChI is InChI=1S/C20H25NO2S/c1-3-16-11-12-18(24-16)19(15-9-7-14(2)8-10-15)21-13-5-4-6-17(21)20(22)23/h7-12,17,19H,3-6,13H2,1-2H3,(H,22,23). The number of hydrogen-bond acceptors (Lipinski definition) is 3. The molecule has 2 aromatic rings. The van der Waals surface area contributed by atoms with E-state index in [9.17, 15) is 9.90 Å². The van der Waals surface area contributed by atoms with E-state index in [1.807, 2.05) is 11.3 Å². The highest BCUT2D eigenvalue weighted by Crippen LogP contribution is 2.37. The Bertz CT molecular complexity index is 692. The molecule has 1 aliphatic heterocycles. The monoisotopic (exact) mass is 343 g/mol. The van der Waals surface area contributed by atoms with E-state index in [2.05, 4.69) is 55.1 Å². The Morgan fingerprint density at radius 1 is 1.25 bits per heavy atom. The van der Waals surface area contributed by atoms with E-state index in [0.29, 0.717) is 0 Å². The molecule has 1 aromatic carbocycles. The lowest BCUT2D eigenvalue weighted by atomic mass is 9.95. The summed E-state index contributed by atoms with van der Waals surface area (Å²) in [5, 5.41) is 9.71. The summed E-state index contributed by atoms with van der Waals surface area (Å²) in [6.45, 7) is 5.09. The Morgan fingerprint density at radius 3 is 2.62 bits per heavy atom. The van der Waals surface area contributed by atoms with Crippen molar-refractivity contribution in [3.05, 3.63) is 57.3 Å². The first kappa shape index (κ1) is 17.2.